The number of nitrogen functional groups attached to an aromatic ring is 1. The number of anilines is 8. The van der Waals surface area contributed by atoms with Crippen LogP contribution in [0.5, 0.6) is 0 Å². The molecular formula is C79H85F12N13O7. The number of aromatic nitrogens is 4. The van der Waals surface area contributed by atoms with E-state index < -0.39 is 81.1 Å². The second-order valence-corrected chi connectivity index (χ2v) is 27.1. The number of carboxylic acids is 1. The van der Waals surface area contributed by atoms with E-state index in [-0.39, 0.29) is 16.9 Å². The zero-order chi connectivity index (χ0) is 82.5. The molecule has 0 fully saturated rings. The predicted octanol–water partition coefficient (Wildman–Crippen LogP) is 20.3. The first-order valence-electron chi connectivity index (χ1n) is 34.2. The molecule has 592 valence electrons. The smallest absolute Gasteiger partial charge is 0.416 e. The predicted molar refractivity (Wildman–Crippen MR) is 400 cm³/mol. The maximum atomic E-state index is 12.7. The third-order valence-electron chi connectivity index (χ3n) is 17.5. The summed E-state index contributed by atoms with van der Waals surface area (Å²) in [5.74, 6) is 4.66. The Balaban J connectivity index is 0.000000224. The van der Waals surface area contributed by atoms with E-state index >= 15 is 0 Å². The summed E-state index contributed by atoms with van der Waals surface area (Å²) in [4.78, 5) is 46.4. The molecule has 2 aromatic heterocycles. The number of nitrogens with one attached hydrogen (secondary N) is 8. The van der Waals surface area contributed by atoms with Crippen LogP contribution in [0.4, 0.5) is 98.2 Å². The van der Waals surface area contributed by atoms with Gasteiger partial charge in [0.15, 0.2) is 0 Å². The lowest BCUT2D eigenvalue weighted by Crippen LogP contribution is -2.47. The number of carboxylic acid groups (broad SMARTS) is 1. The Bertz CT molecular complexity index is 4540. The van der Waals surface area contributed by atoms with Gasteiger partial charge in [0.2, 0.25) is 29.5 Å². The van der Waals surface area contributed by atoms with Gasteiger partial charge in [-0.2, -0.15) is 52.7 Å². The molecule has 0 aliphatic heterocycles. The number of halogens is 12. The largest absolute Gasteiger partial charge is 0.481 e. The van der Waals surface area contributed by atoms with E-state index in [1.165, 1.54) is 48.5 Å². The lowest BCUT2D eigenvalue weighted by molar-refractivity contribution is -0.147. The third-order valence-corrected chi connectivity index (χ3v) is 17.5. The molecule has 0 unspecified atom stereocenters. The molecule has 10 aromatic rings. The van der Waals surface area contributed by atoms with E-state index in [0.717, 1.165) is 55.0 Å². The highest BCUT2D eigenvalue weighted by Gasteiger charge is 2.35. The molecule has 11 N–H and O–H groups in total. The molecule has 32 heteroatoms. The molecule has 3 amide bonds. The number of amides is 3. The van der Waals surface area contributed by atoms with E-state index in [2.05, 4.69) is 57.8 Å². The van der Waals surface area contributed by atoms with E-state index in [9.17, 15) is 71.9 Å². The Labute approximate surface area is 632 Å². The van der Waals surface area contributed by atoms with Crippen molar-refractivity contribution in [3.63, 3.8) is 0 Å². The molecule has 0 saturated heterocycles. The first-order valence-corrected chi connectivity index (χ1v) is 34.2. The molecule has 2 heterocycles. The average Bonchev–Trinajstić information content (AvgIpc) is 1.71. The number of alkyl halides is 12. The topological polar surface area (TPSA) is 289 Å². The number of nitrogens with zero attached hydrogens (tertiary/aromatic N) is 4. The molecule has 0 aliphatic rings. The number of benzene rings is 8. The Morgan fingerprint density at radius 1 is 0.387 bits per heavy atom. The van der Waals surface area contributed by atoms with Gasteiger partial charge in [0.25, 0.3) is 11.8 Å². The average molecular weight is 1560 g/mol. The van der Waals surface area contributed by atoms with Crippen LogP contribution in [0.25, 0.3) is 22.9 Å². The fourth-order valence-corrected chi connectivity index (χ4v) is 8.92. The SMILES string of the molecule is CCC(C)(C)C(=O)NNC(=O)c1ccccc1Nc1ccc(C(F)(F)F)cc1.CCC(C)(C)C(=O)O.CCC(C)(C)c1nnc(-c2ccccc2Nc2ccc(C(F)(F)F)cc2)o1.CNC(C)(C)c1nnc(-c2ccccc2Nc2ccc(C(F)(F)F)cc2)o1.NNC(=O)c1ccccc1Nc1ccc(C(F)(F)F)cc1. The van der Waals surface area contributed by atoms with E-state index in [1.54, 1.807) is 95.4 Å². The summed E-state index contributed by atoms with van der Waals surface area (Å²) in [7, 11) is 1.80. The number of rotatable bonds is 20. The van der Waals surface area contributed by atoms with E-state index in [1.807, 2.05) is 90.3 Å². The molecule has 8 aromatic carbocycles. The van der Waals surface area contributed by atoms with Gasteiger partial charge in [-0.05, 0) is 200 Å². The van der Waals surface area contributed by atoms with Crippen LogP contribution in [-0.2, 0) is 45.2 Å². The molecule has 10 rings (SSSR count). The van der Waals surface area contributed by atoms with Crippen molar-refractivity contribution in [3.8, 4) is 22.9 Å². The van der Waals surface area contributed by atoms with Crippen LogP contribution in [0.15, 0.2) is 203 Å². The zero-order valence-corrected chi connectivity index (χ0v) is 62.4. The Morgan fingerprint density at radius 2 is 0.694 bits per heavy atom. The maximum Gasteiger partial charge on any atom is 0.416 e. The summed E-state index contributed by atoms with van der Waals surface area (Å²) in [5, 5.41) is 40.0. The van der Waals surface area contributed by atoms with E-state index in [0.29, 0.717) is 98.6 Å². The van der Waals surface area contributed by atoms with Crippen molar-refractivity contribution in [2.45, 2.75) is 131 Å². The van der Waals surface area contributed by atoms with Gasteiger partial charge in [0.05, 0.1) is 78.2 Å². The van der Waals surface area contributed by atoms with Crippen molar-refractivity contribution in [2.24, 2.45) is 16.7 Å². The molecule has 111 heavy (non-hydrogen) atoms. The number of para-hydroxylation sites is 4. The molecule has 20 nitrogen and oxygen atoms in total. The fraction of sp³-hybridized carbons (Fsp3) is 0.291. The minimum Gasteiger partial charge on any atom is -0.481 e. The second-order valence-electron chi connectivity index (χ2n) is 27.1. The summed E-state index contributed by atoms with van der Waals surface area (Å²) in [6.07, 6.45) is -15.4. The van der Waals surface area contributed by atoms with Gasteiger partial charge < -0.3 is 40.5 Å². The van der Waals surface area contributed by atoms with Crippen LogP contribution in [0.2, 0.25) is 0 Å². The minimum atomic E-state index is -4.42. The van der Waals surface area contributed by atoms with Gasteiger partial charge in [0.1, 0.15) is 0 Å². The molecule has 0 radical (unpaired) electrons. The van der Waals surface area contributed by atoms with Crippen molar-refractivity contribution in [2.75, 3.05) is 28.3 Å². The molecule has 0 spiro atoms. The number of nitrogens with two attached hydrogens (primary N) is 1. The van der Waals surface area contributed by atoms with Gasteiger partial charge in [-0.15, -0.1) is 20.4 Å². The third kappa shape index (κ3) is 25.4. The molecular weight excluding hydrogens is 1470 g/mol. The minimum absolute atomic E-state index is 0.233. The van der Waals surface area contributed by atoms with E-state index in [4.69, 9.17) is 19.8 Å². The van der Waals surface area contributed by atoms with Crippen LogP contribution in [-0.4, -0.2) is 56.2 Å². The maximum absolute atomic E-state index is 12.7. The molecule has 0 bridgehead atoms. The van der Waals surface area contributed by atoms with Crippen molar-refractivity contribution in [1.29, 1.82) is 0 Å². The molecule has 0 aliphatic carbocycles. The first-order chi connectivity index (χ1) is 51.9. The number of hydrogen-bond donors (Lipinski definition) is 10. The van der Waals surface area contributed by atoms with Gasteiger partial charge in [-0.1, -0.05) is 97.0 Å². The molecule has 0 atom stereocenters. The first kappa shape index (κ1) is 88.1. The van der Waals surface area contributed by atoms with Crippen molar-refractivity contribution in [1.82, 2.24) is 42.0 Å². The standard InChI is InChI=1S/C20H22F3N3O2.C20H20F3N3O.C19H19F3N4O.C14H12F3N3O.C6H12O2/c1-4-19(2,3)18(28)26-25-17(27)15-7-5-6-8-16(15)24-14-11-9-13(10-12-14)20(21,22)23;1-4-19(2,3)18-26-25-17(27-18)15-7-5-6-8-16(15)24-14-11-9-13(10-12-14)20(21,22)23;1-18(2,23-3)17-26-25-16(27-17)14-6-4-5-7-15(14)24-13-10-8-12(9-11-13)19(20,21)22;15-14(16,17)9-5-7-10(8-6-9)19-12-4-2-1-3-11(12)13(21)20-18;1-4-6(2,3)5(7)8/h5-12,24H,4H2,1-3H3,(H,25,27)(H,26,28);5-12,24H,4H2,1-3H3;4-11,23-24H,1-3H3;1-8,19H,18H2,(H,20,21);4H2,1-3H3,(H,7,8). The van der Waals surface area contributed by atoms with Crippen LogP contribution in [0.3, 0.4) is 0 Å². The summed E-state index contributed by atoms with van der Waals surface area (Å²) < 4.78 is 163. The van der Waals surface area contributed by atoms with Gasteiger partial charge in [0, 0.05) is 33.6 Å². The second kappa shape index (κ2) is 37.5. The van der Waals surface area contributed by atoms with Crippen LogP contribution in [0, 0.1) is 10.8 Å². The number of hydrazine groups is 2. The highest BCUT2D eigenvalue weighted by molar-refractivity contribution is 6.01. The lowest BCUT2D eigenvalue weighted by Gasteiger charge is -2.21. The number of carbonyl (C=O) groups is 4. The summed E-state index contributed by atoms with van der Waals surface area (Å²) in [6, 6.07) is 46.2. The molecule has 0 saturated carbocycles. The van der Waals surface area contributed by atoms with Crippen molar-refractivity contribution in [3.05, 3.63) is 239 Å². The monoisotopic (exact) mass is 1560 g/mol. The number of hydrogen-bond acceptors (Lipinski definition) is 16. The number of aliphatic carboxylic acids is 1. The highest BCUT2D eigenvalue weighted by Crippen LogP contribution is 2.39. The normalized spacial score (nSPS) is 11.8. The van der Waals surface area contributed by atoms with Crippen LogP contribution in [0.1, 0.15) is 150 Å². The summed E-state index contributed by atoms with van der Waals surface area (Å²) in [5.41, 5.74) is 7.89. The Hall–Kier alpha value is -11.8. The Morgan fingerprint density at radius 3 is 1.00 bits per heavy atom. The van der Waals surface area contributed by atoms with Gasteiger partial charge in [-0.3, -0.25) is 35.5 Å². The van der Waals surface area contributed by atoms with Gasteiger partial charge in [-0.25, -0.2) is 5.84 Å². The summed E-state index contributed by atoms with van der Waals surface area (Å²) >= 11 is 0. The number of carbonyl (C=O) groups excluding carboxylic acids is 3. The zero-order valence-electron chi connectivity index (χ0n) is 62.4. The summed E-state index contributed by atoms with van der Waals surface area (Å²) in [6.45, 7) is 20.6. The van der Waals surface area contributed by atoms with Crippen molar-refractivity contribution >= 4 is 69.2 Å². The highest BCUT2D eigenvalue weighted by atomic mass is 19.4. The fourth-order valence-electron chi connectivity index (χ4n) is 8.92. The van der Waals surface area contributed by atoms with Crippen LogP contribution < -0.4 is 48.7 Å². The lowest BCUT2D eigenvalue weighted by atomic mass is 9.90. The quantitative estimate of drug-likeness (QED) is 0.0147. The van der Waals surface area contributed by atoms with Gasteiger partial charge >= 0.3 is 30.7 Å². The van der Waals surface area contributed by atoms with Crippen LogP contribution >= 0.6 is 0 Å². The Kier molecular flexibility index (Phi) is 29.8. The van der Waals surface area contributed by atoms with Crippen molar-refractivity contribution < 1.29 is 85.8 Å².